The maximum Gasteiger partial charge on any atom is 0.317 e. The Kier molecular flexibility index (Phi) is 6.17. The van der Waals surface area contributed by atoms with Gasteiger partial charge in [0, 0.05) is 50.2 Å². The average molecular weight is 411 g/mol. The highest BCUT2D eigenvalue weighted by Gasteiger charge is 2.21. The van der Waals surface area contributed by atoms with Crippen LogP contribution in [0.15, 0.2) is 60.0 Å². The Morgan fingerprint density at radius 2 is 1.76 bits per heavy atom. The molecule has 1 N–H and O–H groups in total. The number of amides is 2. The van der Waals surface area contributed by atoms with E-state index in [2.05, 4.69) is 27.7 Å². The van der Waals surface area contributed by atoms with Crippen LogP contribution < -0.4 is 5.32 Å². The first-order chi connectivity index (χ1) is 14.2. The fourth-order valence-electron chi connectivity index (χ4n) is 3.32. The lowest BCUT2D eigenvalue weighted by molar-refractivity contribution is 0.134. The Hall–Kier alpha value is -2.77. The SMILES string of the molecule is O=C(NCc1ccc(F)cc1)N1CCN(Cc2csc(-c3ccccc3)n2)CC1. The van der Waals surface area contributed by atoms with Crippen molar-refractivity contribution in [3.8, 4) is 10.6 Å². The molecular formula is C22H23FN4OS. The topological polar surface area (TPSA) is 48.5 Å². The monoisotopic (exact) mass is 410 g/mol. The molecular weight excluding hydrogens is 387 g/mol. The lowest BCUT2D eigenvalue weighted by Crippen LogP contribution is -2.51. The Morgan fingerprint density at radius 3 is 2.48 bits per heavy atom. The molecule has 1 aromatic heterocycles. The van der Waals surface area contributed by atoms with Crippen molar-refractivity contribution in [2.75, 3.05) is 26.2 Å². The number of nitrogens with one attached hydrogen (secondary N) is 1. The molecule has 0 bridgehead atoms. The number of aromatic nitrogens is 1. The van der Waals surface area contributed by atoms with E-state index in [0.717, 1.165) is 41.5 Å². The molecule has 0 spiro atoms. The first-order valence-electron chi connectivity index (χ1n) is 9.67. The Balaban J connectivity index is 1.23. The molecule has 1 aliphatic heterocycles. The van der Waals surface area contributed by atoms with Gasteiger partial charge in [0.05, 0.1) is 5.69 Å². The van der Waals surface area contributed by atoms with Gasteiger partial charge in [0.2, 0.25) is 0 Å². The minimum Gasteiger partial charge on any atom is -0.334 e. The highest BCUT2D eigenvalue weighted by Crippen LogP contribution is 2.24. The van der Waals surface area contributed by atoms with Crippen LogP contribution in [0, 0.1) is 5.82 Å². The summed E-state index contributed by atoms with van der Waals surface area (Å²) in [6.07, 6.45) is 0. The Labute approximate surface area is 173 Å². The van der Waals surface area contributed by atoms with Crippen LogP contribution in [0.25, 0.3) is 10.6 Å². The molecule has 0 radical (unpaired) electrons. The number of nitrogens with zero attached hydrogens (tertiary/aromatic N) is 3. The van der Waals surface area contributed by atoms with E-state index in [1.807, 2.05) is 23.1 Å². The summed E-state index contributed by atoms with van der Waals surface area (Å²) in [4.78, 5) is 21.3. The molecule has 5 nitrogen and oxygen atoms in total. The number of urea groups is 1. The summed E-state index contributed by atoms with van der Waals surface area (Å²) in [7, 11) is 0. The second kappa shape index (κ2) is 9.15. The predicted molar refractivity (Wildman–Crippen MR) is 113 cm³/mol. The minimum absolute atomic E-state index is 0.0750. The van der Waals surface area contributed by atoms with Gasteiger partial charge in [0.25, 0.3) is 0 Å². The fraction of sp³-hybridized carbons (Fsp3) is 0.273. The molecule has 2 heterocycles. The van der Waals surface area contributed by atoms with Gasteiger partial charge in [-0.3, -0.25) is 4.90 Å². The second-order valence-corrected chi connectivity index (χ2v) is 7.92. The molecule has 4 rings (SSSR count). The summed E-state index contributed by atoms with van der Waals surface area (Å²) in [6, 6.07) is 16.3. The Bertz CT molecular complexity index is 937. The van der Waals surface area contributed by atoms with Crippen LogP contribution in [0.3, 0.4) is 0 Å². The number of carbonyl (C=O) groups excluding carboxylic acids is 1. The molecule has 0 saturated carbocycles. The van der Waals surface area contributed by atoms with E-state index >= 15 is 0 Å². The second-order valence-electron chi connectivity index (χ2n) is 7.06. The van der Waals surface area contributed by atoms with E-state index < -0.39 is 0 Å². The average Bonchev–Trinajstić information content (AvgIpc) is 3.23. The lowest BCUT2D eigenvalue weighted by atomic mass is 10.2. The van der Waals surface area contributed by atoms with Crippen molar-refractivity contribution in [3.63, 3.8) is 0 Å². The van der Waals surface area contributed by atoms with Crippen molar-refractivity contribution in [2.24, 2.45) is 0 Å². The summed E-state index contributed by atoms with van der Waals surface area (Å²) >= 11 is 1.67. The molecule has 1 fully saturated rings. The van der Waals surface area contributed by atoms with Gasteiger partial charge in [-0.05, 0) is 17.7 Å². The summed E-state index contributed by atoms with van der Waals surface area (Å²) in [5, 5.41) is 6.07. The smallest absolute Gasteiger partial charge is 0.317 e. The van der Waals surface area contributed by atoms with Gasteiger partial charge in [-0.1, -0.05) is 42.5 Å². The van der Waals surface area contributed by atoms with Crippen LogP contribution in [0.2, 0.25) is 0 Å². The van der Waals surface area contributed by atoms with Gasteiger partial charge in [-0.15, -0.1) is 11.3 Å². The molecule has 29 heavy (non-hydrogen) atoms. The molecule has 150 valence electrons. The lowest BCUT2D eigenvalue weighted by Gasteiger charge is -2.34. The van der Waals surface area contributed by atoms with Crippen molar-refractivity contribution in [3.05, 3.63) is 77.1 Å². The number of halogens is 1. The zero-order chi connectivity index (χ0) is 20.1. The Morgan fingerprint density at radius 1 is 1.03 bits per heavy atom. The van der Waals surface area contributed by atoms with Crippen molar-refractivity contribution in [1.82, 2.24) is 20.1 Å². The van der Waals surface area contributed by atoms with E-state index in [0.29, 0.717) is 19.6 Å². The predicted octanol–water partition coefficient (Wildman–Crippen LogP) is 3.98. The molecule has 0 atom stereocenters. The van der Waals surface area contributed by atoms with E-state index in [-0.39, 0.29) is 11.8 Å². The van der Waals surface area contributed by atoms with E-state index in [1.54, 1.807) is 23.5 Å². The van der Waals surface area contributed by atoms with Crippen LogP contribution in [0.4, 0.5) is 9.18 Å². The van der Waals surface area contributed by atoms with E-state index in [4.69, 9.17) is 4.98 Å². The molecule has 2 aromatic carbocycles. The van der Waals surface area contributed by atoms with Crippen molar-refractivity contribution < 1.29 is 9.18 Å². The molecule has 2 amide bonds. The highest BCUT2D eigenvalue weighted by molar-refractivity contribution is 7.13. The summed E-state index contributed by atoms with van der Waals surface area (Å²) < 4.78 is 13.0. The third-order valence-corrected chi connectivity index (χ3v) is 5.91. The van der Waals surface area contributed by atoms with E-state index in [1.165, 1.54) is 12.1 Å². The van der Waals surface area contributed by atoms with Gasteiger partial charge in [-0.2, -0.15) is 0 Å². The largest absolute Gasteiger partial charge is 0.334 e. The number of piperazine rings is 1. The number of rotatable bonds is 5. The van der Waals surface area contributed by atoms with Crippen molar-refractivity contribution >= 4 is 17.4 Å². The van der Waals surface area contributed by atoms with Crippen LogP contribution >= 0.6 is 11.3 Å². The fourth-order valence-corrected chi connectivity index (χ4v) is 4.14. The number of benzene rings is 2. The van der Waals surface area contributed by atoms with Crippen molar-refractivity contribution in [2.45, 2.75) is 13.1 Å². The maximum atomic E-state index is 13.0. The number of hydrogen-bond acceptors (Lipinski definition) is 4. The zero-order valence-corrected chi connectivity index (χ0v) is 16.9. The first kappa shape index (κ1) is 19.5. The van der Waals surface area contributed by atoms with Crippen molar-refractivity contribution in [1.29, 1.82) is 0 Å². The highest BCUT2D eigenvalue weighted by atomic mass is 32.1. The normalized spacial score (nSPS) is 14.7. The van der Waals surface area contributed by atoms with Gasteiger partial charge >= 0.3 is 6.03 Å². The van der Waals surface area contributed by atoms with Gasteiger partial charge < -0.3 is 10.2 Å². The summed E-state index contributed by atoms with van der Waals surface area (Å²) in [5.41, 5.74) is 3.10. The van der Waals surface area contributed by atoms with Crippen LogP contribution in [0.1, 0.15) is 11.3 Å². The van der Waals surface area contributed by atoms with Gasteiger partial charge in [0.15, 0.2) is 0 Å². The van der Waals surface area contributed by atoms with Gasteiger partial charge in [0.1, 0.15) is 10.8 Å². The molecule has 1 aliphatic rings. The molecule has 0 aliphatic carbocycles. The molecule has 7 heteroatoms. The van der Waals surface area contributed by atoms with Crippen LogP contribution in [-0.2, 0) is 13.1 Å². The van der Waals surface area contributed by atoms with E-state index in [9.17, 15) is 9.18 Å². The quantitative estimate of drug-likeness (QED) is 0.692. The summed E-state index contributed by atoms with van der Waals surface area (Å²) in [6.45, 7) is 4.22. The van der Waals surface area contributed by atoms with Gasteiger partial charge in [-0.25, -0.2) is 14.2 Å². The number of hydrogen-bond donors (Lipinski definition) is 1. The summed E-state index contributed by atoms with van der Waals surface area (Å²) in [5.74, 6) is -0.271. The number of carbonyl (C=O) groups is 1. The zero-order valence-electron chi connectivity index (χ0n) is 16.1. The number of thiazole rings is 1. The van der Waals surface area contributed by atoms with Crippen LogP contribution in [-0.4, -0.2) is 47.0 Å². The maximum absolute atomic E-state index is 13.0. The third kappa shape index (κ3) is 5.19. The molecule has 3 aromatic rings. The first-order valence-corrected chi connectivity index (χ1v) is 10.5. The molecule has 1 saturated heterocycles. The minimum atomic E-state index is -0.271. The third-order valence-electron chi connectivity index (χ3n) is 4.97. The molecule has 0 unspecified atom stereocenters. The van der Waals surface area contributed by atoms with Crippen LogP contribution in [0.5, 0.6) is 0 Å². The standard InChI is InChI=1S/C22H23FN4OS/c23-19-8-6-17(7-9-19)14-24-22(28)27-12-10-26(11-13-27)15-20-16-29-21(25-20)18-4-2-1-3-5-18/h1-9,16H,10-15H2,(H,24,28).